The SMILES string of the molecule is CCOC(=O)c1cccc(CCl)c1C(=O)CCCl. The number of ketones is 1. The van der Waals surface area contributed by atoms with E-state index >= 15 is 0 Å². The molecule has 98 valence electrons. The van der Waals surface area contributed by atoms with E-state index < -0.39 is 5.97 Å². The van der Waals surface area contributed by atoms with Gasteiger partial charge in [-0.2, -0.15) is 0 Å². The maximum absolute atomic E-state index is 12.0. The summed E-state index contributed by atoms with van der Waals surface area (Å²) in [5, 5.41) is 0. The molecule has 0 aliphatic carbocycles. The Morgan fingerprint density at radius 2 is 2.00 bits per heavy atom. The van der Waals surface area contributed by atoms with E-state index in [-0.39, 0.29) is 36.1 Å². The highest BCUT2D eigenvalue weighted by Gasteiger charge is 2.20. The zero-order valence-corrected chi connectivity index (χ0v) is 11.6. The largest absolute Gasteiger partial charge is 0.462 e. The van der Waals surface area contributed by atoms with Crippen LogP contribution in [0.1, 0.15) is 39.6 Å². The van der Waals surface area contributed by atoms with Gasteiger partial charge >= 0.3 is 5.97 Å². The molecule has 0 radical (unpaired) electrons. The average Bonchev–Trinajstić information content (AvgIpc) is 2.38. The van der Waals surface area contributed by atoms with Gasteiger partial charge in [-0.25, -0.2) is 4.79 Å². The van der Waals surface area contributed by atoms with Crippen LogP contribution in [0.5, 0.6) is 0 Å². The van der Waals surface area contributed by atoms with Gasteiger partial charge in [0, 0.05) is 23.7 Å². The second-order valence-corrected chi connectivity index (χ2v) is 4.20. The fourth-order valence-corrected chi connectivity index (χ4v) is 2.02. The van der Waals surface area contributed by atoms with Crippen molar-refractivity contribution >= 4 is 35.0 Å². The van der Waals surface area contributed by atoms with Crippen LogP contribution in [0.15, 0.2) is 18.2 Å². The minimum Gasteiger partial charge on any atom is -0.462 e. The Hall–Kier alpha value is -1.06. The molecule has 5 heteroatoms. The fourth-order valence-electron chi connectivity index (χ4n) is 1.63. The van der Waals surface area contributed by atoms with Gasteiger partial charge in [-0.3, -0.25) is 4.79 Å². The molecule has 0 atom stereocenters. The molecular weight excluding hydrogens is 275 g/mol. The first kappa shape index (κ1) is 15.0. The van der Waals surface area contributed by atoms with Crippen molar-refractivity contribution in [1.82, 2.24) is 0 Å². The average molecular weight is 289 g/mol. The maximum atomic E-state index is 12.0. The molecule has 0 saturated heterocycles. The van der Waals surface area contributed by atoms with Gasteiger partial charge in [0.15, 0.2) is 5.78 Å². The predicted octanol–water partition coefficient (Wildman–Crippen LogP) is 3.41. The Labute approximate surface area is 116 Å². The molecule has 0 aromatic heterocycles. The van der Waals surface area contributed by atoms with Gasteiger partial charge in [0.1, 0.15) is 0 Å². The molecular formula is C13H14Cl2O3. The van der Waals surface area contributed by atoms with Gasteiger partial charge in [-0.05, 0) is 18.6 Å². The first-order chi connectivity index (χ1) is 8.65. The van der Waals surface area contributed by atoms with Crippen LogP contribution in [-0.4, -0.2) is 24.2 Å². The fraction of sp³-hybridized carbons (Fsp3) is 0.385. The van der Waals surface area contributed by atoms with Crippen LogP contribution in [-0.2, 0) is 10.6 Å². The molecule has 0 heterocycles. The third-order valence-corrected chi connectivity index (χ3v) is 2.87. The Morgan fingerprint density at radius 1 is 1.28 bits per heavy atom. The highest BCUT2D eigenvalue weighted by molar-refractivity contribution is 6.21. The zero-order chi connectivity index (χ0) is 13.5. The summed E-state index contributed by atoms with van der Waals surface area (Å²) in [5.74, 6) is -0.333. The number of Topliss-reactive ketones (excluding diaryl/α,β-unsaturated/α-hetero) is 1. The van der Waals surface area contributed by atoms with Gasteiger partial charge in [0.05, 0.1) is 12.2 Å². The number of halogens is 2. The molecule has 0 bridgehead atoms. The topological polar surface area (TPSA) is 43.4 Å². The highest BCUT2D eigenvalue weighted by Crippen LogP contribution is 2.20. The van der Waals surface area contributed by atoms with Crippen molar-refractivity contribution in [2.45, 2.75) is 19.2 Å². The number of benzene rings is 1. The molecule has 0 amide bonds. The van der Waals surface area contributed by atoms with E-state index in [0.29, 0.717) is 11.1 Å². The summed E-state index contributed by atoms with van der Waals surface area (Å²) in [6.07, 6.45) is 0.169. The Morgan fingerprint density at radius 3 is 2.56 bits per heavy atom. The van der Waals surface area contributed by atoms with Crippen molar-refractivity contribution in [2.75, 3.05) is 12.5 Å². The predicted molar refractivity (Wildman–Crippen MR) is 71.6 cm³/mol. The van der Waals surface area contributed by atoms with Crippen molar-refractivity contribution in [3.8, 4) is 0 Å². The smallest absolute Gasteiger partial charge is 0.338 e. The van der Waals surface area contributed by atoms with Crippen LogP contribution < -0.4 is 0 Å². The molecule has 0 fully saturated rings. The highest BCUT2D eigenvalue weighted by atomic mass is 35.5. The van der Waals surface area contributed by atoms with Crippen molar-refractivity contribution < 1.29 is 14.3 Å². The lowest BCUT2D eigenvalue weighted by molar-refractivity contribution is 0.0523. The van der Waals surface area contributed by atoms with Gasteiger partial charge in [0.25, 0.3) is 0 Å². The number of esters is 1. The van der Waals surface area contributed by atoms with Crippen LogP contribution in [0.3, 0.4) is 0 Å². The van der Waals surface area contributed by atoms with Crippen molar-refractivity contribution in [1.29, 1.82) is 0 Å². The standard InChI is InChI=1S/C13H14Cl2O3/c1-2-18-13(17)10-5-3-4-9(8-15)12(10)11(16)6-7-14/h3-5H,2,6-8H2,1H3. The third kappa shape index (κ3) is 3.47. The maximum Gasteiger partial charge on any atom is 0.338 e. The van der Waals surface area contributed by atoms with E-state index in [9.17, 15) is 9.59 Å². The zero-order valence-electron chi connectivity index (χ0n) is 10.0. The molecule has 0 spiro atoms. The second kappa shape index (κ2) is 7.39. The van der Waals surface area contributed by atoms with Gasteiger partial charge < -0.3 is 4.74 Å². The molecule has 0 aliphatic rings. The van der Waals surface area contributed by atoms with Gasteiger partial charge in [-0.15, -0.1) is 23.2 Å². The monoisotopic (exact) mass is 288 g/mol. The summed E-state index contributed by atoms with van der Waals surface area (Å²) in [5.41, 5.74) is 1.20. The number of hydrogen-bond donors (Lipinski definition) is 0. The molecule has 1 aromatic carbocycles. The van der Waals surface area contributed by atoms with Gasteiger partial charge in [-0.1, -0.05) is 12.1 Å². The molecule has 1 aromatic rings. The van der Waals surface area contributed by atoms with E-state index in [1.807, 2.05) is 0 Å². The number of hydrogen-bond acceptors (Lipinski definition) is 3. The van der Waals surface area contributed by atoms with E-state index in [1.54, 1.807) is 25.1 Å². The number of ether oxygens (including phenoxy) is 1. The first-order valence-electron chi connectivity index (χ1n) is 5.59. The molecule has 1 rings (SSSR count). The van der Waals surface area contributed by atoms with Crippen molar-refractivity contribution in [3.63, 3.8) is 0 Å². The lowest BCUT2D eigenvalue weighted by Crippen LogP contribution is -2.14. The van der Waals surface area contributed by atoms with E-state index in [4.69, 9.17) is 27.9 Å². The Balaban J connectivity index is 3.24. The lowest BCUT2D eigenvalue weighted by atomic mass is 9.97. The summed E-state index contributed by atoms with van der Waals surface area (Å²) < 4.78 is 4.93. The van der Waals surface area contributed by atoms with E-state index in [1.165, 1.54) is 0 Å². The second-order valence-electron chi connectivity index (χ2n) is 3.56. The molecule has 0 N–H and O–H groups in total. The molecule has 0 aliphatic heterocycles. The minimum atomic E-state index is -0.512. The first-order valence-corrected chi connectivity index (χ1v) is 6.66. The van der Waals surface area contributed by atoms with Crippen LogP contribution in [0.25, 0.3) is 0 Å². The van der Waals surface area contributed by atoms with E-state index in [0.717, 1.165) is 0 Å². The molecule has 18 heavy (non-hydrogen) atoms. The molecule has 0 unspecified atom stereocenters. The van der Waals surface area contributed by atoms with E-state index in [2.05, 4.69) is 0 Å². The summed E-state index contributed by atoms with van der Waals surface area (Å²) in [4.78, 5) is 23.8. The molecule has 3 nitrogen and oxygen atoms in total. The Bertz CT molecular complexity index is 444. The summed E-state index contributed by atoms with van der Waals surface area (Å²) in [7, 11) is 0. The van der Waals surface area contributed by atoms with Crippen LogP contribution >= 0.6 is 23.2 Å². The van der Waals surface area contributed by atoms with Crippen LogP contribution in [0, 0.1) is 0 Å². The van der Waals surface area contributed by atoms with Gasteiger partial charge in [0.2, 0.25) is 0 Å². The summed E-state index contributed by atoms with van der Waals surface area (Å²) in [6.45, 7) is 1.97. The summed E-state index contributed by atoms with van der Waals surface area (Å²) >= 11 is 11.4. The van der Waals surface area contributed by atoms with Crippen molar-refractivity contribution in [2.24, 2.45) is 0 Å². The van der Waals surface area contributed by atoms with Crippen LogP contribution in [0.4, 0.5) is 0 Å². The number of rotatable bonds is 6. The number of carbonyl (C=O) groups is 2. The minimum absolute atomic E-state index is 0.163. The molecule has 0 saturated carbocycles. The Kier molecular flexibility index (Phi) is 6.16. The van der Waals surface area contributed by atoms with Crippen LogP contribution in [0.2, 0.25) is 0 Å². The summed E-state index contributed by atoms with van der Waals surface area (Å²) in [6, 6.07) is 4.97. The lowest BCUT2D eigenvalue weighted by Gasteiger charge is -2.11. The normalized spacial score (nSPS) is 10.2. The number of carbonyl (C=O) groups excluding carboxylic acids is 2. The third-order valence-electron chi connectivity index (χ3n) is 2.39. The quantitative estimate of drug-likeness (QED) is 0.458. The van der Waals surface area contributed by atoms with Crippen molar-refractivity contribution in [3.05, 3.63) is 34.9 Å². The number of alkyl halides is 2.